The third-order valence-electron chi connectivity index (χ3n) is 1.98. The van der Waals surface area contributed by atoms with E-state index in [2.05, 4.69) is 11.9 Å². The van der Waals surface area contributed by atoms with Crippen LogP contribution in [0.3, 0.4) is 0 Å². The van der Waals surface area contributed by atoms with Gasteiger partial charge in [-0.05, 0) is 24.5 Å². The highest BCUT2D eigenvalue weighted by Gasteiger charge is 2.05. The van der Waals surface area contributed by atoms with Crippen LogP contribution in [0.25, 0.3) is 0 Å². The van der Waals surface area contributed by atoms with Crippen molar-refractivity contribution in [1.29, 1.82) is 0 Å². The Morgan fingerprint density at radius 3 is 2.92 bits per heavy atom. The third-order valence-corrected chi connectivity index (χ3v) is 2.24. The fourth-order valence-corrected chi connectivity index (χ4v) is 1.39. The Morgan fingerprint density at radius 2 is 2.23 bits per heavy atom. The van der Waals surface area contributed by atoms with Crippen molar-refractivity contribution in [2.75, 3.05) is 0 Å². The first-order chi connectivity index (χ1) is 6.25. The van der Waals surface area contributed by atoms with Gasteiger partial charge in [0.25, 0.3) is 0 Å². The molecule has 0 unspecified atom stereocenters. The van der Waals surface area contributed by atoms with Gasteiger partial charge in [0.15, 0.2) is 11.0 Å². The molecule has 3 heteroatoms. The zero-order valence-corrected chi connectivity index (χ0v) is 8.44. The Hall–Kier alpha value is -0.630. The molecule has 0 saturated heterocycles. The molecule has 0 saturated carbocycles. The number of hydrogen-bond acceptors (Lipinski definition) is 1. The molecule has 0 radical (unpaired) electrons. The maximum Gasteiger partial charge on any atom is 0.164 e. The van der Waals surface area contributed by atoms with E-state index in [4.69, 9.17) is 11.6 Å². The maximum absolute atomic E-state index is 13.2. The molecule has 1 rings (SSSR count). The van der Waals surface area contributed by atoms with Crippen molar-refractivity contribution < 1.29 is 4.39 Å². The average molecular weight is 202 g/mol. The van der Waals surface area contributed by atoms with E-state index in [0.717, 1.165) is 25.7 Å². The summed E-state index contributed by atoms with van der Waals surface area (Å²) in [5, 5.41) is -0.0194. The molecule has 0 aliphatic carbocycles. The van der Waals surface area contributed by atoms with Gasteiger partial charge in [-0.1, -0.05) is 31.4 Å². The highest BCUT2D eigenvalue weighted by molar-refractivity contribution is 6.29. The van der Waals surface area contributed by atoms with Crippen LogP contribution < -0.4 is 0 Å². The summed E-state index contributed by atoms with van der Waals surface area (Å²) in [6, 6.07) is 1.69. The highest BCUT2D eigenvalue weighted by atomic mass is 35.5. The summed E-state index contributed by atoms with van der Waals surface area (Å²) in [5.74, 6) is -0.361. The molecule has 0 spiro atoms. The molecule has 0 aliphatic heterocycles. The average Bonchev–Trinajstić information content (AvgIpc) is 2.13. The van der Waals surface area contributed by atoms with Gasteiger partial charge >= 0.3 is 0 Å². The standard InChI is InChI=1S/C10H13ClFN/c1-2-3-4-5-8-6-7-13-10(11)9(8)12/h6-7H,2-5H2,1H3. The van der Waals surface area contributed by atoms with E-state index in [1.54, 1.807) is 12.3 Å². The lowest BCUT2D eigenvalue weighted by atomic mass is 10.1. The zero-order valence-electron chi connectivity index (χ0n) is 7.69. The second-order valence-corrected chi connectivity index (χ2v) is 3.39. The predicted octanol–water partition coefficient (Wildman–Crippen LogP) is 3.61. The molecule has 0 N–H and O–H groups in total. The molecule has 1 heterocycles. The first-order valence-corrected chi connectivity index (χ1v) is 4.92. The Balaban J connectivity index is 2.61. The largest absolute Gasteiger partial charge is 0.242 e. The lowest BCUT2D eigenvalue weighted by Crippen LogP contribution is -1.93. The van der Waals surface area contributed by atoms with Crippen molar-refractivity contribution in [2.24, 2.45) is 0 Å². The van der Waals surface area contributed by atoms with Gasteiger partial charge in [-0.15, -0.1) is 0 Å². The number of pyridine rings is 1. The lowest BCUT2D eigenvalue weighted by molar-refractivity contribution is 0.593. The van der Waals surface area contributed by atoms with Crippen molar-refractivity contribution in [2.45, 2.75) is 32.6 Å². The Labute approximate surface area is 82.9 Å². The monoisotopic (exact) mass is 201 g/mol. The van der Waals surface area contributed by atoms with Crippen LogP contribution in [0.5, 0.6) is 0 Å². The van der Waals surface area contributed by atoms with Crippen LogP contribution in [-0.2, 0) is 6.42 Å². The predicted molar refractivity (Wildman–Crippen MR) is 52.4 cm³/mol. The minimum Gasteiger partial charge on any atom is -0.242 e. The molecular formula is C10H13ClFN. The number of aromatic nitrogens is 1. The number of aryl methyl sites for hydroxylation is 1. The normalized spacial score (nSPS) is 10.4. The molecule has 0 aromatic carbocycles. The van der Waals surface area contributed by atoms with Crippen LogP contribution in [0.2, 0.25) is 5.15 Å². The SMILES string of the molecule is CCCCCc1ccnc(Cl)c1F. The quantitative estimate of drug-likeness (QED) is 0.536. The molecule has 13 heavy (non-hydrogen) atoms. The van der Waals surface area contributed by atoms with Crippen LogP contribution in [0.4, 0.5) is 4.39 Å². The van der Waals surface area contributed by atoms with Crippen LogP contribution in [0, 0.1) is 5.82 Å². The van der Waals surface area contributed by atoms with E-state index in [-0.39, 0.29) is 11.0 Å². The summed E-state index contributed by atoms with van der Waals surface area (Å²) in [6.45, 7) is 2.12. The van der Waals surface area contributed by atoms with Gasteiger partial charge in [0, 0.05) is 6.20 Å². The fraction of sp³-hybridized carbons (Fsp3) is 0.500. The van der Waals surface area contributed by atoms with Crippen molar-refractivity contribution in [3.63, 3.8) is 0 Å². The topological polar surface area (TPSA) is 12.9 Å². The number of halogens is 2. The molecule has 1 nitrogen and oxygen atoms in total. The summed E-state index contributed by atoms with van der Waals surface area (Å²) in [4.78, 5) is 3.66. The minimum absolute atomic E-state index is 0.0194. The van der Waals surface area contributed by atoms with Crippen LogP contribution in [-0.4, -0.2) is 4.98 Å². The summed E-state index contributed by atoms with van der Waals surface area (Å²) >= 11 is 5.54. The van der Waals surface area contributed by atoms with E-state index in [1.807, 2.05) is 0 Å². The minimum atomic E-state index is -0.361. The van der Waals surface area contributed by atoms with E-state index < -0.39 is 0 Å². The van der Waals surface area contributed by atoms with Crippen LogP contribution in [0.15, 0.2) is 12.3 Å². The van der Waals surface area contributed by atoms with Gasteiger partial charge < -0.3 is 0 Å². The van der Waals surface area contributed by atoms with E-state index >= 15 is 0 Å². The van der Waals surface area contributed by atoms with Gasteiger partial charge in [-0.2, -0.15) is 0 Å². The Bertz CT molecular complexity index is 276. The molecule has 0 atom stereocenters. The zero-order chi connectivity index (χ0) is 9.68. The van der Waals surface area contributed by atoms with E-state index in [9.17, 15) is 4.39 Å². The van der Waals surface area contributed by atoms with Gasteiger partial charge in [-0.3, -0.25) is 0 Å². The highest BCUT2D eigenvalue weighted by Crippen LogP contribution is 2.16. The smallest absolute Gasteiger partial charge is 0.164 e. The first kappa shape index (κ1) is 10.5. The van der Waals surface area contributed by atoms with Crippen LogP contribution in [0.1, 0.15) is 31.7 Å². The van der Waals surface area contributed by atoms with Gasteiger partial charge in [0.05, 0.1) is 0 Å². The first-order valence-electron chi connectivity index (χ1n) is 4.54. The molecule has 0 bridgehead atoms. The second-order valence-electron chi connectivity index (χ2n) is 3.03. The van der Waals surface area contributed by atoms with E-state index in [1.165, 1.54) is 0 Å². The number of nitrogens with zero attached hydrogens (tertiary/aromatic N) is 1. The number of hydrogen-bond donors (Lipinski definition) is 0. The summed E-state index contributed by atoms with van der Waals surface area (Å²) < 4.78 is 13.2. The summed E-state index contributed by atoms with van der Waals surface area (Å²) in [5.41, 5.74) is 0.674. The lowest BCUT2D eigenvalue weighted by Gasteiger charge is -2.02. The maximum atomic E-state index is 13.2. The fourth-order valence-electron chi connectivity index (χ4n) is 1.21. The van der Waals surface area contributed by atoms with Crippen molar-refractivity contribution >= 4 is 11.6 Å². The summed E-state index contributed by atoms with van der Waals surface area (Å²) in [7, 11) is 0. The number of rotatable bonds is 4. The molecule has 1 aromatic rings. The van der Waals surface area contributed by atoms with Gasteiger partial charge in [-0.25, -0.2) is 9.37 Å². The van der Waals surface area contributed by atoms with Crippen molar-refractivity contribution in [3.8, 4) is 0 Å². The molecule has 0 fully saturated rings. The molecule has 1 aromatic heterocycles. The van der Waals surface area contributed by atoms with Crippen LogP contribution >= 0.6 is 11.6 Å². The molecule has 0 aliphatic rings. The molecule has 72 valence electrons. The van der Waals surface area contributed by atoms with Crippen molar-refractivity contribution in [1.82, 2.24) is 4.98 Å². The molecule has 0 amide bonds. The van der Waals surface area contributed by atoms with Gasteiger partial charge in [0.1, 0.15) is 0 Å². The number of unbranched alkanes of at least 4 members (excludes halogenated alkanes) is 2. The van der Waals surface area contributed by atoms with Gasteiger partial charge in [0.2, 0.25) is 0 Å². The Morgan fingerprint density at radius 1 is 1.46 bits per heavy atom. The Kier molecular flexibility index (Phi) is 4.16. The van der Waals surface area contributed by atoms with E-state index in [0.29, 0.717) is 5.56 Å². The van der Waals surface area contributed by atoms with Crippen molar-refractivity contribution in [3.05, 3.63) is 28.8 Å². The second kappa shape index (κ2) is 5.18. The third kappa shape index (κ3) is 2.96. The summed E-state index contributed by atoms with van der Waals surface area (Å²) in [6.07, 6.45) is 5.57. The molecular weight excluding hydrogens is 189 g/mol.